The second kappa shape index (κ2) is 6.40. The van der Waals surface area contributed by atoms with E-state index >= 15 is 0 Å². The van der Waals surface area contributed by atoms with E-state index in [4.69, 9.17) is 4.74 Å². The van der Waals surface area contributed by atoms with Gasteiger partial charge in [0.05, 0.1) is 7.11 Å². The first kappa shape index (κ1) is 16.5. The molecule has 1 aliphatic rings. The third kappa shape index (κ3) is 3.00. The molecule has 4 rings (SSSR count). The van der Waals surface area contributed by atoms with Crippen molar-refractivity contribution in [1.29, 1.82) is 0 Å². The highest BCUT2D eigenvalue weighted by Gasteiger charge is 2.28. The first-order chi connectivity index (χ1) is 12.6. The summed E-state index contributed by atoms with van der Waals surface area (Å²) in [6.07, 6.45) is 2.39. The van der Waals surface area contributed by atoms with E-state index in [2.05, 4.69) is 26.9 Å². The molecule has 1 saturated carbocycles. The van der Waals surface area contributed by atoms with Gasteiger partial charge in [-0.15, -0.1) is 10.2 Å². The van der Waals surface area contributed by atoms with Gasteiger partial charge in [0.25, 0.3) is 0 Å². The molecule has 0 N–H and O–H groups in total. The van der Waals surface area contributed by atoms with E-state index in [0.717, 1.165) is 28.3 Å². The largest absolute Gasteiger partial charge is 0.497 e. The van der Waals surface area contributed by atoms with Crippen molar-refractivity contribution in [3.63, 3.8) is 0 Å². The fraction of sp³-hybridized carbons (Fsp3) is 0.368. The average Bonchev–Trinajstić information content (AvgIpc) is 3.28. The number of carbonyl (C=O) groups excluding carboxylic acids is 1. The molecule has 1 aliphatic carbocycles. The van der Waals surface area contributed by atoms with E-state index < -0.39 is 0 Å². The maximum absolute atomic E-state index is 12.7. The number of ketones is 1. The summed E-state index contributed by atoms with van der Waals surface area (Å²) in [6, 6.07) is 9.97. The molecule has 0 radical (unpaired) electrons. The summed E-state index contributed by atoms with van der Waals surface area (Å²) in [5, 5.41) is 12.4. The minimum atomic E-state index is -0.000378. The summed E-state index contributed by atoms with van der Waals surface area (Å²) in [6.45, 7) is 4.14. The Hall–Kier alpha value is -2.96. The summed E-state index contributed by atoms with van der Waals surface area (Å²) in [7, 11) is 1.61. The number of aryl methyl sites for hydroxylation is 1. The van der Waals surface area contributed by atoms with Crippen LogP contribution in [0.1, 0.15) is 40.6 Å². The van der Waals surface area contributed by atoms with Crippen LogP contribution in [0.15, 0.2) is 30.3 Å². The van der Waals surface area contributed by atoms with Crippen molar-refractivity contribution < 1.29 is 9.53 Å². The first-order valence-corrected chi connectivity index (χ1v) is 8.70. The van der Waals surface area contributed by atoms with Gasteiger partial charge in [-0.1, -0.05) is 12.1 Å². The number of hydrogen-bond donors (Lipinski definition) is 0. The molecular weight excluding hydrogens is 330 g/mol. The van der Waals surface area contributed by atoms with Crippen LogP contribution in [-0.2, 0) is 6.54 Å². The number of Topliss-reactive ketones (excluding diaryl/α,β-unsaturated/α-hetero) is 1. The number of hydrogen-bond acceptors (Lipinski definition) is 5. The van der Waals surface area contributed by atoms with Crippen LogP contribution in [-0.4, -0.2) is 37.7 Å². The third-order valence-corrected chi connectivity index (χ3v) is 4.76. The van der Waals surface area contributed by atoms with Gasteiger partial charge in [0.2, 0.25) is 5.82 Å². The Kier molecular flexibility index (Phi) is 4.06. The molecule has 0 saturated heterocycles. The third-order valence-electron chi connectivity index (χ3n) is 4.76. The molecule has 0 unspecified atom stereocenters. The summed E-state index contributed by atoms with van der Waals surface area (Å²) in [4.78, 5) is 14.1. The summed E-state index contributed by atoms with van der Waals surface area (Å²) >= 11 is 0. The SMILES string of the molecule is COc1cccc(-c2nnn(CC(=O)c3cc(C)n(C4CC4)c3C)n2)c1. The predicted molar refractivity (Wildman–Crippen MR) is 96.3 cm³/mol. The van der Waals surface area contributed by atoms with E-state index in [1.54, 1.807) is 7.11 Å². The molecule has 3 aromatic rings. The fourth-order valence-electron chi connectivity index (χ4n) is 3.36. The Morgan fingerprint density at radius 2 is 2.08 bits per heavy atom. The molecule has 134 valence electrons. The number of nitrogens with zero attached hydrogens (tertiary/aromatic N) is 5. The van der Waals surface area contributed by atoms with Gasteiger partial charge in [0.15, 0.2) is 5.78 Å². The highest BCUT2D eigenvalue weighted by atomic mass is 16.5. The maximum atomic E-state index is 12.7. The average molecular weight is 351 g/mol. The molecule has 1 fully saturated rings. The second-order valence-corrected chi connectivity index (χ2v) is 6.68. The molecule has 0 bridgehead atoms. The van der Waals surface area contributed by atoms with Gasteiger partial charge >= 0.3 is 0 Å². The lowest BCUT2D eigenvalue weighted by atomic mass is 10.1. The smallest absolute Gasteiger partial charge is 0.205 e. The Bertz CT molecular complexity index is 968. The monoisotopic (exact) mass is 351 g/mol. The molecule has 26 heavy (non-hydrogen) atoms. The van der Waals surface area contributed by atoms with Crippen LogP contribution in [0.2, 0.25) is 0 Å². The Labute approximate surface area is 151 Å². The Balaban J connectivity index is 1.54. The lowest BCUT2D eigenvalue weighted by Gasteiger charge is -2.07. The van der Waals surface area contributed by atoms with Gasteiger partial charge in [-0.05, 0) is 50.1 Å². The van der Waals surface area contributed by atoms with Crippen LogP contribution in [0.4, 0.5) is 0 Å². The van der Waals surface area contributed by atoms with Crippen molar-refractivity contribution in [2.24, 2.45) is 0 Å². The predicted octanol–water partition coefficient (Wildman–Crippen LogP) is 2.98. The number of ether oxygens (including phenoxy) is 1. The second-order valence-electron chi connectivity index (χ2n) is 6.68. The topological polar surface area (TPSA) is 74.8 Å². The zero-order valence-electron chi connectivity index (χ0n) is 15.1. The van der Waals surface area contributed by atoms with E-state index in [1.165, 1.54) is 17.6 Å². The molecular formula is C19H21N5O2. The van der Waals surface area contributed by atoms with Gasteiger partial charge in [-0.3, -0.25) is 4.79 Å². The van der Waals surface area contributed by atoms with E-state index in [0.29, 0.717) is 11.9 Å². The summed E-state index contributed by atoms with van der Waals surface area (Å²) in [5.41, 5.74) is 3.71. The standard InChI is InChI=1S/C19H21N5O2/c1-12-9-17(13(2)24(12)15-7-8-15)18(25)11-23-21-19(20-22-23)14-5-4-6-16(10-14)26-3/h4-6,9-10,15H,7-8,11H2,1-3H3. The molecule has 0 aliphatic heterocycles. The number of tetrazole rings is 1. The van der Waals surface area contributed by atoms with Crippen LogP contribution in [0, 0.1) is 13.8 Å². The lowest BCUT2D eigenvalue weighted by molar-refractivity contribution is 0.0960. The zero-order chi connectivity index (χ0) is 18.3. The number of carbonyl (C=O) groups is 1. The quantitative estimate of drug-likeness (QED) is 0.638. The molecule has 0 spiro atoms. The van der Waals surface area contributed by atoms with Crippen LogP contribution in [0.25, 0.3) is 11.4 Å². The van der Waals surface area contributed by atoms with Crippen LogP contribution in [0.5, 0.6) is 5.75 Å². The molecule has 1 aromatic carbocycles. The van der Waals surface area contributed by atoms with E-state index in [-0.39, 0.29) is 12.3 Å². The Morgan fingerprint density at radius 1 is 1.27 bits per heavy atom. The summed E-state index contributed by atoms with van der Waals surface area (Å²) in [5.74, 6) is 1.20. The van der Waals surface area contributed by atoms with Gasteiger partial charge < -0.3 is 9.30 Å². The minimum Gasteiger partial charge on any atom is -0.497 e. The van der Waals surface area contributed by atoms with Crippen molar-refractivity contribution in [3.8, 4) is 17.1 Å². The molecule has 0 amide bonds. The van der Waals surface area contributed by atoms with Crippen molar-refractivity contribution in [2.45, 2.75) is 39.3 Å². The van der Waals surface area contributed by atoms with E-state index in [1.807, 2.05) is 37.3 Å². The van der Waals surface area contributed by atoms with Crippen molar-refractivity contribution in [1.82, 2.24) is 24.8 Å². The van der Waals surface area contributed by atoms with E-state index in [9.17, 15) is 4.79 Å². The molecule has 0 atom stereocenters. The van der Waals surface area contributed by atoms with Crippen molar-refractivity contribution >= 4 is 5.78 Å². The highest BCUT2D eigenvalue weighted by molar-refractivity contribution is 5.97. The summed E-state index contributed by atoms with van der Waals surface area (Å²) < 4.78 is 7.48. The van der Waals surface area contributed by atoms with Crippen LogP contribution >= 0.6 is 0 Å². The molecule has 2 aromatic heterocycles. The van der Waals surface area contributed by atoms with Gasteiger partial charge in [-0.2, -0.15) is 4.80 Å². The first-order valence-electron chi connectivity index (χ1n) is 8.70. The highest BCUT2D eigenvalue weighted by Crippen LogP contribution is 2.38. The number of aromatic nitrogens is 5. The van der Waals surface area contributed by atoms with Gasteiger partial charge in [0, 0.05) is 28.6 Å². The lowest BCUT2D eigenvalue weighted by Crippen LogP contribution is -2.14. The molecule has 2 heterocycles. The van der Waals surface area contributed by atoms with Crippen LogP contribution < -0.4 is 4.74 Å². The van der Waals surface area contributed by atoms with Crippen molar-refractivity contribution in [3.05, 3.63) is 47.3 Å². The van der Waals surface area contributed by atoms with Gasteiger partial charge in [0.1, 0.15) is 12.3 Å². The number of benzene rings is 1. The normalized spacial score (nSPS) is 13.8. The van der Waals surface area contributed by atoms with Crippen molar-refractivity contribution in [2.75, 3.05) is 7.11 Å². The minimum absolute atomic E-state index is 0.000378. The van der Waals surface area contributed by atoms with Crippen LogP contribution in [0.3, 0.4) is 0 Å². The van der Waals surface area contributed by atoms with Gasteiger partial charge in [-0.25, -0.2) is 0 Å². The number of methoxy groups -OCH3 is 1. The molecule has 7 nitrogen and oxygen atoms in total. The Morgan fingerprint density at radius 3 is 2.81 bits per heavy atom. The number of rotatable bonds is 6. The fourth-order valence-corrected chi connectivity index (χ4v) is 3.36. The zero-order valence-corrected chi connectivity index (χ0v) is 15.1. The molecule has 7 heteroatoms. The maximum Gasteiger partial charge on any atom is 0.205 e.